The smallest absolute Gasteiger partial charge is 0.333 e. The van der Waals surface area contributed by atoms with Crippen LogP contribution in [0, 0.1) is 0 Å². The van der Waals surface area contributed by atoms with E-state index < -0.39 is 30.4 Å². The maximum Gasteiger partial charge on any atom is 0.333 e. The van der Waals surface area contributed by atoms with Crippen molar-refractivity contribution < 1.29 is 34.5 Å². The second kappa shape index (κ2) is 9.47. The number of phenols is 1. The van der Waals surface area contributed by atoms with E-state index >= 15 is 0 Å². The number of hydrogen-bond acceptors (Lipinski definition) is 8. The molecule has 31 heavy (non-hydrogen) atoms. The summed E-state index contributed by atoms with van der Waals surface area (Å²) in [5, 5.41) is 42.6. The summed E-state index contributed by atoms with van der Waals surface area (Å²) in [6, 6.07) is 12.8. The van der Waals surface area contributed by atoms with E-state index in [1.165, 1.54) is 5.01 Å². The fraction of sp³-hybridized carbons (Fsp3) is 0.150. The van der Waals surface area contributed by atoms with Crippen molar-refractivity contribution in [2.45, 2.75) is 12.6 Å². The second-order valence-electron chi connectivity index (χ2n) is 6.56. The molecule has 1 unspecified atom stereocenters. The predicted molar refractivity (Wildman–Crippen MR) is 108 cm³/mol. The van der Waals surface area contributed by atoms with Gasteiger partial charge in [-0.05, 0) is 22.3 Å². The van der Waals surface area contributed by atoms with E-state index in [0.29, 0.717) is 16.7 Å². The Kier molecular flexibility index (Phi) is 6.75. The quantitative estimate of drug-likeness (QED) is 0.326. The van der Waals surface area contributed by atoms with Gasteiger partial charge in [0.1, 0.15) is 5.75 Å². The Bertz CT molecular complexity index is 1080. The lowest BCUT2D eigenvalue weighted by Crippen LogP contribution is -2.47. The van der Waals surface area contributed by atoms with Crippen LogP contribution < -0.4 is 5.43 Å². The topological polar surface area (TPSA) is 156 Å². The molecule has 0 saturated heterocycles. The number of phenolic OH excluding ortho intramolecular Hbond substituents is 1. The highest BCUT2D eigenvalue weighted by atomic mass is 35.5. The molecule has 3 aromatic rings. The Morgan fingerprint density at radius 2 is 1.87 bits per heavy atom. The Morgan fingerprint density at radius 1 is 1.16 bits per heavy atom. The number of aliphatic carboxylic acids is 1. The lowest BCUT2D eigenvalue weighted by atomic mass is 10.0. The highest BCUT2D eigenvalue weighted by Crippen LogP contribution is 2.34. The molecular formula is C20H18ClN3O7. The number of amides is 1. The first-order valence-electron chi connectivity index (χ1n) is 8.94. The third-order valence-corrected chi connectivity index (χ3v) is 4.59. The van der Waals surface area contributed by atoms with E-state index in [1.54, 1.807) is 42.5 Å². The van der Waals surface area contributed by atoms with E-state index in [1.807, 2.05) is 0 Å². The Hall–Kier alpha value is -3.60. The summed E-state index contributed by atoms with van der Waals surface area (Å²) in [4.78, 5) is 23.3. The standard InChI is InChI=1S/C20H18ClN3O7/c21-14-3-1-2-13(18(14)27)12-6-4-11(5-7-12)9-24(10-15(25)20(29)30)22-19(28)16-8-17(26)23-31-16/h1-8,15,25,27H,9-10H2,(H,22,28)(H,23,26)(H,29,30). The molecule has 5 N–H and O–H groups in total. The van der Waals surface area contributed by atoms with E-state index in [0.717, 1.165) is 6.07 Å². The maximum absolute atomic E-state index is 12.3. The average Bonchev–Trinajstić information content (AvgIpc) is 3.17. The third-order valence-electron chi connectivity index (χ3n) is 4.28. The molecule has 1 heterocycles. The van der Waals surface area contributed by atoms with Crippen LogP contribution in [0.2, 0.25) is 5.02 Å². The number of carboxylic acids is 1. The summed E-state index contributed by atoms with van der Waals surface area (Å²) in [5.41, 5.74) is 4.32. The molecule has 1 aromatic heterocycles. The summed E-state index contributed by atoms with van der Waals surface area (Å²) < 4.78 is 4.66. The number of para-hydroxylation sites is 1. The van der Waals surface area contributed by atoms with Gasteiger partial charge in [-0.15, -0.1) is 0 Å². The average molecular weight is 448 g/mol. The van der Waals surface area contributed by atoms with E-state index in [9.17, 15) is 24.9 Å². The lowest BCUT2D eigenvalue weighted by Gasteiger charge is -2.24. The molecule has 10 nitrogen and oxygen atoms in total. The SMILES string of the molecule is O=C(NN(Cc1ccc(-c2cccc(Cl)c2O)cc1)CC(O)C(=O)O)c1cc(O)no1. The number of benzene rings is 2. The summed E-state index contributed by atoms with van der Waals surface area (Å²) in [6.07, 6.45) is -1.76. The van der Waals surface area contributed by atoms with Crippen LogP contribution in [0.15, 0.2) is 53.1 Å². The minimum absolute atomic E-state index is 0.0397. The van der Waals surface area contributed by atoms with E-state index in [2.05, 4.69) is 15.1 Å². The fourth-order valence-corrected chi connectivity index (χ4v) is 2.94. The van der Waals surface area contributed by atoms with Gasteiger partial charge < -0.3 is 24.9 Å². The van der Waals surface area contributed by atoms with E-state index in [-0.39, 0.29) is 23.1 Å². The molecule has 0 aliphatic carbocycles. The van der Waals surface area contributed by atoms with Gasteiger partial charge in [0.2, 0.25) is 5.76 Å². The fourth-order valence-electron chi connectivity index (χ4n) is 2.77. The predicted octanol–water partition coefficient (Wildman–Crippen LogP) is 2.00. The number of halogens is 1. The zero-order valence-corrected chi connectivity index (χ0v) is 16.7. The van der Waals surface area contributed by atoms with Crippen LogP contribution in [0.25, 0.3) is 11.1 Å². The van der Waals surface area contributed by atoms with Crippen LogP contribution in [0.5, 0.6) is 11.6 Å². The zero-order valence-electron chi connectivity index (χ0n) is 15.9. The van der Waals surface area contributed by atoms with Gasteiger partial charge in [0.25, 0.3) is 5.88 Å². The van der Waals surface area contributed by atoms with Crippen molar-refractivity contribution in [3.05, 3.63) is 64.9 Å². The molecule has 3 rings (SSSR count). The third kappa shape index (κ3) is 5.51. The number of nitrogens with one attached hydrogen (secondary N) is 1. The number of carbonyl (C=O) groups is 2. The number of carboxylic acid groups (broad SMARTS) is 1. The highest BCUT2D eigenvalue weighted by molar-refractivity contribution is 6.32. The summed E-state index contributed by atoms with van der Waals surface area (Å²) in [7, 11) is 0. The van der Waals surface area contributed by atoms with Crippen LogP contribution in [0.3, 0.4) is 0 Å². The number of aliphatic hydroxyl groups is 1. The number of carbonyl (C=O) groups excluding carboxylic acids is 1. The second-order valence-corrected chi connectivity index (χ2v) is 6.96. The molecule has 0 aliphatic heterocycles. The van der Waals surface area contributed by atoms with Crippen LogP contribution in [0.4, 0.5) is 0 Å². The molecule has 0 radical (unpaired) electrons. The molecular weight excluding hydrogens is 430 g/mol. The number of aromatic hydroxyl groups is 2. The minimum atomic E-state index is -1.76. The lowest BCUT2D eigenvalue weighted by molar-refractivity contribution is -0.148. The monoisotopic (exact) mass is 447 g/mol. The number of hydrogen-bond donors (Lipinski definition) is 5. The first-order valence-corrected chi connectivity index (χ1v) is 9.31. The highest BCUT2D eigenvalue weighted by Gasteiger charge is 2.22. The van der Waals surface area contributed by atoms with Gasteiger partial charge in [0, 0.05) is 12.1 Å². The van der Waals surface area contributed by atoms with Gasteiger partial charge >= 0.3 is 11.9 Å². The van der Waals surface area contributed by atoms with Gasteiger partial charge in [-0.2, -0.15) is 0 Å². The molecule has 0 aliphatic rings. The number of nitrogens with zero attached hydrogens (tertiary/aromatic N) is 2. The van der Waals surface area contributed by atoms with Crippen molar-refractivity contribution >= 4 is 23.5 Å². The van der Waals surface area contributed by atoms with Crippen molar-refractivity contribution in [1.82, 2.24) is 15.6 Å². The van der Waals surface area contributed by atoms with Crippen LogP contribution >= 0.6 is 11.6 Å². The molecule has 0 saturated carbocycles. The van der Waals surface area contributed by atoms with Crippen molar-refractivity contribution in [3.8, 4) is 22.8 Å². The van der Waals surface area contributed by atoms with Gasteiger partial charge in [0.05, 0.1) is 17.6 Å². The molecule has 0 fully saturated rings. The van der Waals surface area contributed by atoms with E-state index in [4.69, 9.17) is 16.7 Å². The molecule has 11 heteroatoms. The van der Waals surface area contributed by atoms with Gasteiger partial charge in [-0.3, -0.25) is 10.2 Å². The molecule has 0 spiro atoms. The number of aliphatic hydroxyl groups excluding tert-OH is 1. The van der Waals surface area contributed by atoms with Crippen molar-refractivity contribution in [2.24, 2.45) is 0 Å². The molecule has 2 aromatic carbocycles. The minimum Gasteiger partial charge on any atom is -0.506 e. The van der Waals surface area contributed by atoms with Crippen LogP contribution in [-0.4, -0.2) is 55.1 Å². The Morgan fingerprint density at radius 3 is 2.48 bits per heavy atom. The number of hydrazine groups is 1. The molecule has 162 valence electrons. The normalized spacial score (nSPS) is 12.0. The Labute approximate surface area is 180 Å². The van der Waals surface area contributed by atoms with Crippen molar-refractivity contribution in [2.75, 3.05) is 6.54 Å². The molecule has 0 bridgehead atoms. The van der Waals surface area contributed by atoms with Crippen molar-refractivity contribution in [3.63, 3.8) is 0 Å². The number of rotatable bonds is 8. The number of aromatic nitrogens is 1. The van der Waals surface area contributed by atoms with Crippen LogP contribution in [-0.2, 0) is 11.3 Å². The summed E-state index contributed by atoms with van der Waals surface area (Å²) in [6.45, 7) is -0.379. The molecule has 1 atom stereocenters. The summed E-state index contributed by atoms with van der Waals surface area (Å²) in [5.74, 6) is -3.07. The van der Waals surface area contributed by atoms with Gasteiger partial charge in [0.15, 0.2) is 6.10 Å². The molecule has 1 amide bonds. The maximum atomic E-state index is 12.3. The first-order chi connectivity index (χ1) is 14.7. The van der Waals surface area contributed by atoms with Crippen molar-refractivity contribution in [1.29, 1.82) is 0 Å². The zero-order chi connectivity index (χ0) is 22.5. The van der Waals surface area contributed by atoms with Crippen LogP contribution in [0.1, 0.15) is 16.1 Å². The van der Waals surface area contributed by atoms with Gasteiger partial charge in [-0.25, -0.2) is 9.80 Å². The summed E-state index contributed by atoms with van der Waals surface area (Å²) >= 11 is 5.94. The Balaban J connectivity index is 1.77. The first kappa shape index (κ1) is 22.1. The van der Waals surface area contributed by atoms with Gasteiger partial charge in [-0.1, -0.05) is 48.0 Å². The largest absolute Gasteiger partial charge is 0.506 e.